The van der Waals surface area contributed by atoms with Gasteiger partial charge in [-0.05, 0) is 53.9 Å². The van der Waals surface area contributed by atoms with Crippen molar-refractivity contribution >= 4 is 12.0 Å². The van der Waals surface area contributed by atoms with Crippen molar-refractivity contribution in [2.75, 3.05) is 0 Å². The summed E-state index contributed by atoms with van der Waals surface area (Å²) in [6.07, 6.45) is 2.98. The van der Waals surface area contributed by atoms with Crippen molar-refractivity contribution in [2.24, 2.45) is 0 Å². The van der Waals surface area contributed by atoms with Crippen LogP contribution in [-0.4, -0.2) is 29.2 Å². The van der Waals surface area contributed by atoms with E-state index in [0.29, 0.717) is 18.9 Å². The van der Waals surface area contributed by atoms with E-state index in [1.807, 2.05) is 34.6 Å². The van der Waals surface area contributed by atoms with Crippen LogP contribution in [0.25, 0.3) is 0 Å². The van der Waals surface area contributed by atoms with Gasteiger partial charge in [-0.3, -0.25) is 4.79 Å². The van der Waals surface area contributed by atoms with Gasteiger partial charge < -0.3 is 15.4 Å². The Hall–Kier alpha value is -1.26. The lowest BCUT2D eigenvalue weighted by molar-refractivity contribution is -0.155. The summed E-state index contributed by atoms with van der Waals surface area (Å²) in [6, 6.07) is 0.179. The minimum atomic E-state index is -0.460. The highest BCUT2D eigenvalue weighted by Crippen LogP contribution is 2.19. The van der Waals surface area contributed by atoms with E-state index in [-0.39, 0.29) is 12.0 Å². The predicted octanol–water partition coefficient (Wildman–Crippen LogP) is 2.35. The quantitative estimate of drug-likeness (QED) is 0.754. The second kappa shape index (κ2) is 5.80. The van der Waals surface area contributed by atoms with E-state index in [2.05, 4.69) is 10.6 Å². The molecule has 1 saturated carbocycles. The molecule has 1 aliphatic carbocycles. The van der Waals surface area contributed by atoms with Gasteiger partial charge in [0.05, 0.1) is 0 Å². The highest BCUT2D eigenvalue weighted by Gasteiger charge is 2.27. The van der Waals surface area contributed by atoms with Crippen molar-refractivity contribution < 1.29 is 14.3 Å². The molecule has 1 aliphatic rings. The molecular weight excluding hydrogens is 244 g/mol. The molecule has 0 aliphatic heterocycles. The van der Waals surface area contributed by atoms with Crippen LogP contribution in [0.1, 0.15) is 60.3 Å². The van der Waals surface area contributed by atoms with Gasteiger partial charge in [-0.25, -0.2) is 4.79 Å². The van der Waals surface area contributed by atoms with E-state index in [9.17, 15) is 9.59 Å². The number of urea groups is 1. The Morgan fingerprint density at radius 1 is 1.16 bits per heavy atom. The summed E-state index contributed by atoms with van der Waals surface area (Å²) in [4.78, 5) is 23.3. The first kappa shape index (κ1) is 15.8. The first-order valence-electron chi connectivity index (χ1n) is 6.88. The first-order chi connectivity index (χ1) is 8.57. The Bertz CT molecular complexity index is 341. The molecule has 0 spiro atoms. The van der Waals surface area contributed by atoms with Gasteiger partial charge in [0, 0.05) is 18.0 Å². The Morgan fingerprint density at radius 2 is 1.74 bits per heavy atom. The van der Waals surface area contributed by atoms with E-state index in [1.54, 1.807) is 0 Å². The SMILES string of the molecule is CC(C)(CCC(=O)OC(C)(C)C)NC(=O)NC1CC1. The van der Waals surface area contributed by atoms with Gasteiger partial charge in [0.2, 0.25) is 0 Å². The molecule has 2 N–H and O–H groups in total. The summed E-state index contributed by atoms with van der Waals surface area (Å²) in [5.41, 5.74) is -0.881. The summed E-state index contributed by atoms with van der Waals surface area (Å²) in [6.45, 7) is 9.35. The molecule has 0 unspecified atom stereocenters. The zero-order valence-electron chi connectivity index (χ0n) is 12.6. The van der Waals surface area contributed by atoms with Gasteiger partial charge in [-0.2, -0.15) is 0 Å². The van der Waals surface area contributed by atoms with Gasteiger partial charge in [0.25, 0.3) is 0 Å². The number of esters is 1. The molecule has 5 heteroatoms. The first-order valence-corrected chi connectivity index (χ1v) is 6.88. The van der Waals surface area contributed by atoms with E-state index >= 15 is 0 Å². The highest BCUT2D eigenvalue weighted by atomic mass is 16.6. The lowest BCUT2D eigenvalue weighted by atomic mass is 9.98. The van der Waals surface area contributed by atoms with Crippen LogP contribution in [0.15, 0.2) is 0 Å². The van der Waals surface area contributed by atoms with Crippen molar-refractivity contribution in [2.45, 2.75) is 77.5 Å². The van der Waals surface area contributed by atoms with E-state index in [1.165, 1.54) is 0 Å². The van der Waals surface area contributed by atoms with Crippen LogP contribution in [0.3, 0.4) is 0 Å². The molecule has 110 valence electrons. The fraction of sp³-hybridized carbons (Fsp3) is 0.857. The zero-order valence-corrected chi connectivity index (χ0v) is 12.6. The van der Waals surface area contributed by atoms with Crippen LogP contribution < -0.4 is 10.6 Å². The largest absolute Gasteiger partial charge is 0.460 e. The Morgan fingerprint density at radius 3 is 2.21 bits per heavy atom. The molecule has 0 aromatic carbocycles. The van der Waals surface area contributed by atoms with Crippen molar-refractivity contribution in [1.29, 1.82) is 0 Å². The molecule has 0 saturated heterocycles. The second-order valence-electron chi connectivity index (χ2n) is 6.84. The summed E-state index contributed by atoms with van der Waals surface area (Å²) < 4.78 is 5.25. The van der Waals surface area contributed by atoms with Crippen LogP contribution in [0.4, 0.5) is 4.79 Å². The molecule has 5 nitrogen and oxygen atoms in total. The average molecular weight is 270 g/mol. The van der Waals surface area contributed by atoms with Crippen LogP contribution in [-0.2, 0) is 9.53 Å². The normalized spacial score (nSPS) is 15.8. The molecule has 0 aromatic heterocycles. The Labute approximate surface area is 115 Å². The van der Waals surface area contributed by atoms with Crippen LogP contribution in [0.5, 0.6) is 0 Å². The smallest absolute Gasteiger partial charge is 0.315 e. The molecule has 2 amide bonds. The van der Waals surface area contributed by atoms with Crippen LogP contribution in [0, 0.1) is 0 Å². The number of carbonyl (C=O) groups excluding carboxylic acids is 2. The third kappa shape index (κ3) is 7.70. The topological polar surface area (TPSA) is 67.4 Å². The predicted molar refractivity (Wildman–Crippen MR) is 73.8 cm³/mol. The van der Waals surface area contributed by atoms with E-state index < -0.39 is 11.1 Å². The highest BCUT2D eigenvalue weighted by molar-refractivity contribution is 5.75. The maximum atomic E-state index is 11.6. The molecule has 0 heterocycles. The van der Waals surface area contributed by atoms with Gasteiger partial charge in [0.1, 0.15) is 5.60 Å². The molecule has 0 aromatic rings. The Balaban J connectivity index is 2.28. The number of amides is 2. The third-order valence-electron chi connectivity index (χ3n) is 2.74. The standard InChI is InChI=1S/C14H26N2O3/c1-13(2,3)19-11(17)8-9-14(4,5)16-12(18)15-10-6-7-10/h10H,6-9H2,1-5H3,(H2,15,16,18). The maximum absolute atomic E-state index is 11.6. The van der Waals surface area contributed by atoms with Gasteiger partial charge in [-0.1, -0.05) is 0 Å². The molecule has 1 fully saturated rings. The van der Waals surface area contributed by atoms with Gasteiger partial charge in [-0.15, -0.1) is 0 Å². The van der Waals surface area contributed by atoms with Crippen molar-refractivity contribution in [3.8, 4) is 0 Å². The molecule has 19 heavy (non-hydrogen) atoms. The molecule has 1 rings (SSSR count). The lowest BCUT2D eigenvalue weighted by Crippen LogP contribution is -2.49. The molecule has 0 radical (unpaired) electrons. The average Bonchev–Trinajstić information content (AvgIpc) is 2.95. The fourth-order valence-electron chi connectivity index (χ4n) is 1.63. The summed E-state index contributed by atoms with van der Waals surface area (Å²) in [5, 5.41) is 5.76. The van der Waals surface area contributed by atoms with Crippen molar-refractivity contribution in [3.05, 3.63) is 0 Å². The minimum Gasteiger partial charge on any atom is -0.460 e. The fourth-order valence-corrected chi connectivity index (χ4v) is 1.63. The number of nitrogens with one attached hydrogen (secondary N) is 2. The second-order valence-corrected chi connectivity index (χ2v) is 6.84. The monoisotopic (exact) mass is 270 g/mol. The number of hydrogen-bond donors (Lipinski definition) is 2. The molecule has 0 bridgehead atoms. The van der Waals surface area contributed by atoms with Gasteiger partial charge >= 0.3 is 12.0 Å². The summed E-state index contributed by atoms with van der Waals surface area (Å²) >= 11 is 0. The van der Waals surface area contributed by atoms with E-state index in [4.69, 9.17) is 4.74 Å². The minimum absolute atomic E-state index is 0.156. The van der Waals surface area contributed by atoms with Crippen LogP contribution >= 0.6 is 0 Å². The third-order valence-corrected chi connectivity index (χ3v) is 2.74. The van der Waals surface area contributed by atoms with E-state index in [0.717, 1.165) is 12.8 Å². The van der Waals surface area contributed by atoms with Crippen molar-refractivity contribution in [1.82, 2.24) is 10.6 Å². The maximum Gasteiger partial charge on any atom is 0.315 e. The lowest BCUT2D eigenvalue weighted by Gasteiger charge is -2.27. The number of carbonyl (C=O) groups is 2. The number of rotatable bonds is 5. The molecule has 0 atom stereocenters. The van der Waals surface area contributed by atoms with Crippen LogP contribution in [0.2, 0.25) is 0 Å². The summed E-state index contributed by atoms with van der Waals surface area (Å²) in [7, 11) is 0. The summed E-state index contributed by atoms with van der Waals surface area (Å²) in [5.74, 6) is -0.232. The zero-order chi connectivity index (χ0) is 14.7. The molecular formula is C14H26N2O3. The number of hydrogen-bond acceptors (Lipinski definition) is 3. The van der Waals surface area contributed by atoms with Gasteiger partial charge in [0.15, 0.2) is 0 Å². The number of ether oxygens (including phenoxy) is 1. The van der Waals surface area contributed by atoms with Crippen molar-refractivity contribution in [3.63, 3.8) is 0 Å². The Kier molecular flexibility index (Phi) is 4.82.